The van der Waals surface area contributed by atoms with Crippen molar-refractivity contribution in [3.05, 3.63) is 21.0 Å². The van der Waals surface area contributed by atoms with Crippen molar-refractivity contribution in [3.8, 4) is 0 Å². The zero-order chi connectivity index (χ0) is 14.3. The van der Waals surface area contributed by atoms with Gasteiger partial charge >= 0.3 is 0 Å². The quantitative estimate of drug-likeness (QED) is 0.795. The van der Waals surface area contributed by atoms with E-state index in [1.165, 1.54) is 4.68 Å². The normalized spacial score (nSPS) is 12.4. The molecule has 6 heteroatoms. The Morgan fingerprint density at radius 1 is 1.53 bits per heavy atom. The van der Waals surface area contributed by atoms with Gasteiger partial charge in [-0.3, -0.25) is 4.79 Å². The molecule has 0 radical (unpaired) electrons. The van der Waals surface area contributed by atoms with E-state index < -0.39 is 0 Å². The third-order valence-electron chi connectivity index (χ3n) is 2.98. The van der Waals surface area contributed by atoms with Crippen molar-refractivity contribution in [1.82, 2.24) is 9.78 Å². The van der Waals surface area contributed by atoms with E-state index in [-0.39, 0.29) is 5.56 Å². The largest absolute Gasteiger partial charge is 0.383 e. The van der Waals surface area contributed by atoms with Crippen LogP contribution in [0.15, 0.2) is 15.5 Å². The van der Waals surface area contributed by atoms with Crippen LogP contribution in [0.2, 0.25) is 0 Å². The van der Waals surface area contributed by atoms with E-state index in [1.807, 2.05) is 0 Å². The van der Waals surface area contributed by atoms with Crippen LogP contribution < -0.4 is 10.9 Å². The second-order valence-electron chi connectivity index (χ2n) is 4.43. The summed E-state index contributed by atoms with van der Waals surface area (Å²) in [6, 6.07) is 0.373. The number of methoxy groups -OCH3 is 1. The van der Waals surface area contributed by atoms with Crippen molar-refractivity contribution in [3.63, 3.8) is 0 Å². The van der Waals surface area contributed by atoms with Crippen LogP contribution in [-0.4, -0.2) is 29.5 Å². The van der Waals surface area contributed by atoms with Gasteiger partial charge in [0, 0.05) is 13.2 Å². The van der Waals surface area contributed by atoms with Crippen molar-refractivity contribution < 1.29 is 4.74 Å². The van der Waals surface area contributed by atoms with Crippen LogP contribution in [0.5, 0.6) is 0 Å². The molecule has 0 aliphatic heterocycles. The molecule has 1 aromatic heterocycles. The summed E-state index contributed by atoms with van der Waals surface area (Å²) in [7, 11) is 1.60. The zero-order valence-electron chi connectivity index (χ0n) is 11.8. The van der Waals surface area contributed by atoms with Crippen LogP contribution in [0.25, 0.3) is 0 Å². The number of rotatable bonds is 8. The first-order chi connectivity index (χ1) is 9.13. The molecule has 0 saturated heterocycles. The molecule has 1 rings (SSSR count). The average molecular weight is 332 g/mol. The highest BCUT2D eigenvalue weighted by atomic mass is 79.9. The predicted octanol–water partition coefficient (Wildman–Crippen LogP) is 2.64. The fourth-order valence-corrected chi connectivity index (χ4v) is 2.27. The Hall–Kier alpha value is -0.880. The van der Waals surface area contributed by atoms with E-state index in [9.17, 15) is 4.79 Å². The fourth-order valence-electron chi connectivity index (χ4n) is 1.85. The van der Waals surface area contributed by atoms with Crippen molar-refractivity contribution in [2.24, 2.45) is 0 Å². The predicted molar refractivity (Wildman–Crippen MR) is 80.7 cm³/mol. The molecule has 0 fully saturated rings. The SMILES string of the molecule is CCCC(CC)Nc1cnn(CCOC)c(=O)c1Br. The maximum atomic E-state index is 12.1. The number of hydrogen-bond acceptors (Lipinski definition) is 4. The molecule has 1 N–H and O–H groups in total. The van der Waals surface area contributed by atoms with Gasteiger partial charge in [0.05, 0.1) is 25.0 Å². The van der Waals surface area contributed by atoms with Crippen molar-refractivity contribution in [1.29, 1.82) is 0 Å². The van der Waals surface area contributed by atoms with Gasteiger partial charge in [0.1, 0.15) is 4.47 Å². The van der Waals surface area contributed by atoms with Crippen LogP contribution in [0.4, 0.5) is 5.69 Å². The van der Waals surface area contributed by atoms with E-state index in [0.29, 0.717) is 23.7 Å². The molecule has 1 atom stereocenters. The summed E-state index contributed by atoms with van der Waals surface area (Å²) < 4.78 is 6.89. The maximum Gasteiger partial charge on any atom is 0.283 e. The Labute approximate surface area is 122 Å². The van der Waals surface area contributed by atoms with Gasteiger partial charge in [0.15, 0.2) is 0 Å². The van der Waals surface area contributed by atoms with Gasteiger partial charge in [-0.1, -0.05) is 20.3 Å². The van der Waals surface area contributed by atoms with Gasteiger partial charge in [0.2, 0.25) is 0 Å². The molecule has 0 amide bonds. The number of nitrogens with one attached hydrogen (secondary N) is 1. The monoisotopic (exact) mass is 331 g/mol. The van der Waals surface area contributed by atoms with Gasteiger partial charge in [0.25, 0.3) is 5.56 Å². The summed E-state index contributed by atoms with van der Waals surface area (Å²) in [4.78, 5) is 12.1. The summed E-state index contributed by atoms with van der Waals surface area (Å²) in [6.07, 6.45) is 4.91. The molecule has 0 aromatic carbocycles. The molecule has 1 heterocycles. The van der Waals surface area contributed by atoms with E-state index in [0.717, 1.165) is 24.9 Å². The minimum Gasteiger partial charge on any atom is -0.383 e. The second-order valence-corrected chi connectivity index (χ2v) is 5.22. The molecule has 108 valence electrons. The van der Waals surface area contributed by atoms with Gasteiger partial charge in [-0.25, -0.2) is 4.68 Å². The number of aromatic nitrogens is 2. The summed E-state index contributed by atoms with van der Waals surface area (Å²) in [5, 5.41) is 7.52. The molecule has 1 aromatic rings. The Bertz CT molecular complexity index is 448. The van der Waals surface area contributed by atoms with E-state index in [1.54, 1.807) is 13.3 Å². The van der Waals surface area contributed by atoms with Crippen molar-refractivity contribution in [2.45, 2.75) is 45.7 Å². The van der Waals surface area contributed by atoms with E-state index in [2.05, 4.69) is 40.2 Å². The molecule has 5 nitrogen and oxygen atoms in total. The molecule has 0 aliphatic rings. The van der Waals surface area contributed by atoms with Crippen LogP contribution in [-0.2, 0) is 11.3 Å². The summed E-state index contributed by atoms with van der Waals surface area (Å²) in [6.45, 7) is 5.22. The molecular formula is C13H22BrN3O2. The third-order valence-corrected chi connectivity index (χ3v) is 3.75. The number of halogens is 1. The van der Waals surface area contributed by atoms with Crippen LogP contribution in [0.1, 0.15) is 33.1 Å². The van der Waals surface area contributed by atoms with Gasteiger partial charge in [-0.15, -0.1) is 0 Å². The summed E-state index contributed by atoms with van der Waals surface area (Å²) in [5.74, 6) is 0. The molecular weight excluding hydrogens is 310 g/mol. The minimum absolute atomic E-state index is 0.131. The Morgan fingerprint density at radius 3 is 2.84 bits per heavy atom. The fraction of sp³-hybridized carbons (Fsp3) is 0.692. The van der Waals surface area contributed by atoms with Crippen molar-refractivity contribution in [2.75, 3.05) is 19.0 Å². The topological polar surface area (TPSA) is 56.1 Å². The first kappa shape index (κ1) is 16.2. The van der Waals surface area contributed by atoms with E-state index in [4.69, 9.17) is 4.74 Å². The van der Waals surface area contributed by atoms with E-state index >= 15 is 0 Å². The number of nitrogens with zero attached hydrogens (tertiary/aromatic N) is 2. The molecule has 19 heavy (non-hydrogen) atoms. The highest BCUT2D eigenvalue weighted by molar-refractivity contribution is 9.10. The number of hydrogen-bond donors (Lipinski definition) is 1. The maximum absolute atomic E-state index is 12.1. The van der Waals surface area contributed by atoms with Crippen LogP contribution in [0, 0.1) is 0 Å². The molecule has 0 bridgehead atoms. The molecule has 0 saturated carbocycles. The molecule has 1 unspecified atom stereocenters. The summed E-state index contributed by atoms with van der Waals surface area (Å²) >= 11 is 3.36. The first-order valence-corrected chi connectivity index (χ1v) is 7.44. The Morgan fingerprint density at radius 2 is 2.26 bits per heavy atom. The van der Waals surface area contributed by atoms with Gasteiger partial charge in [-0.05, 0) is 28.8 Å². The lowest BCUT2D eigenvalue weighted by molar-refractivity contribution is 0.181. The van der Waals surface area contributed by atoms with Crippen LogP contribution in [0.3, 0.4) is 0 Å². The smallest absolute Gasteiger partial charge is 0.283 e. The first-order valence-electron chi connectivity index (χ1n) is 6.65. The van der Waals surface area contributed by atoms with Crippen LogP contribution >= 0.6 is 15.9 Å². The third kappa shape index (κ3) is 4.62. The Balaban J connectivity index is 2.86. The lowest BCUT2D eigenvalue weighted by Gasteiger charge is -2.18. The second kappa shape index (κ2) is 8.32. The molecule has 0 spiro atoms. The standard InChI is InChI=1S/C13H22BrN3O2/c1-4-6-10(5-2)16-11-9-15-17(7-8-19-3)13(18)12(11)14/h9-10,16H,4-8H2,1-3H3. The average Bonchev–Trinajstić information content (AvgIpc) is 2.42. The van der Waals surface area contributed by atoms with Crippen molar-refractivity contribution >= 4 is 21.6 Å². The highest BCUT2D eigenvalue weighted by Gasteiger charge is 2.12. The minimum atomic E-state index is -0.131. The highest BCUT2D eigenvalue weighted by Crippen LogP contribution is 2.19. The molecule has 0 aliphatic carbocycles. The lowest BCUT2D eigenvalue weighted by Crippen LogP contribution is -2.28. The zero-order valence-corrected chi connectivity index (χ0v) is 13.4. The number of ether oxygens (including phenoxy) is 1. The van der Waals surface area contributed by atoms with Gasteiger partial charge < -0.3 is 10.1 Å². The summed E-state index contributed by atoms with van der Waals surface area (Å²) in [5.41, 5.74) is 0.632. The van der Waals surface area contributed by atoms with Gasteiger partial charge in [-0.2, -0.15) is 5.10 Å². The Kier molecular flexibility index (Phi) is 7.09. The lowest BCUT2D eigenvalue weighted by atomic mass is 10.1. The number of anilines is 1.